The smallest absolute Gasteiger partial charge is 0.255 e. The summed E-state index contributed by atoms with van der Waals surface area (Å²) in [5, 5.41) is 3.29. The number of nitrogens with two attached hydrogens (primary N) is 1. The first-order valence-corrected chi connectivity index (χ1v) is 6.82. The number of halogens is 1. The van der Waals surface area contributed by atoms with Crippen LogP contribution in [0, 0.1) is 12.7 Å². The lowest BCUT2D eigenvalue weighted by molar-refractivity contribution is 0.0964. The normalized spacial score (nSPS) is 10.9. The second kappa shape index (κ2) is 5.18. The number of aryl methyl sites for hydroxylation is 1. The molecule has 0 aliphatic rings. The molecule has 0 fully saturated rings. The van der Waals surface area contributed by atoms with Gasteiger partial charge in [0.05, 0.1) is 5.56 Å². The third-order valence-electron chi connectivity index (χ3n) is 3.72. The van der Waals surface area contributed by atoms with Crippen LogP contribution in [0.2, 0.25) is 0 Å². The number of hydrogen-bond donors (Lipinski definition) is 2. The van der Waals surface area contributed by atoms with Gasteiger partial charge in [0.25, 0.3) is 5.91 Å². The SMILES string of the molecule is CNC(=O)c1c(-c2ccc(F)cc2)oc2ccc(N)c(C)c12. The molecule has 0 spiro atoms. The predicted octanol–water partition coefficient (Wildman–Crippen LogP) is 3.49. The maximum absolute atomic E-state index is 13.1. The minimum Gasteiger partial charge on any atom is -0.455 e. The van der Waals surface area contributed by atoms with Crippen LogP contribution in [0.3, 0.4) is 0 Å². The zero-order chi connectivity index (χ0) is 15.9. The Hall–Kier alpha value is -2.82. The predicted molar refractivity (Wildman–Crippen MR) is 84.1 cm³/mol. The van der Waals surface area contributed by atoms with Crippen molar-refractivity contribution in [1.29, 1.82) is 0 Å². The van der Waals surface area contributed by atoms with Crippen LogP contribution in [0.4, 0.5) is 10.1 Å². The Morgan fingerprint density at radius 3 is 2.50 bits per heavy atom. The van der Waals surface area contributed by atoms with Gasteiger partial charge in [-0.25, -0.2) is 4.39 Å². The fourth-order valence-corrected chi connectivity index (χ4v) is 2.52. The molecule has 0 atom stereocenters. The number of nitrogens with one attached hydrogen (secondary N) is 1. The van der Waals surface area contributed by atoms with Crippen molar-refractivity contribution in [2.75, 3.05) is 12.8 Å². The molecule has 112 valence electrons. The Morgan fingerprint density at radius 1 is 1.18 bits per heavy atom. The summed E-state index contributed by atoms with van der Waals surface area (Å²) in [6.45, 7) is 1.84. The maximum Gasteiger partial charge on any atom is 0.255 e. The van der Waals surface area contributed by atoms with E-state index in [-0.39, 0.29) is 11.7 Å². The van der Waals surface area contributed by atoms with Gasteiger partial charge in [0.1, 0.15) is 17.2 Å². The molecule has 5 heteroatoms. The zero-order valence-corrected chi connectivity index (χ0v) is 12.2. The lowest BCUT2D eigenvalue weighted by atomic mass is 10.0. The molecule has 0 saturated heterocycles. The highest BCUT2D eigenvalue weighted by Gasteiger charge is 2.23. The summed E-state index contributed by atoms with van der Waals surface area (Å²) in [6.07, 6.45) is 0. The van der Waals surface area contributed by atoms with E-state index in [1.165, 1.54) is 12.1 Å². The van der Waals surface area contributed by atoms with Gasteiger partial charge in [0.15, 0.2) is 0 Å². The van der Waals surface area contributed by atoms with Crippen molar-refractivity contribution in [2.45, 2.75) is 6.92 Å². The van der Waals surface area contributed by atoms with Crippen LogP contribution in [0.15, 0.2) is 40.8 Å². The molecule has 4 nitrogen and oxygen atoms in total. The number of amides is 1. The molecule has 0 radical (unpaired) electrons. The molecule has 3 N–H and O–H groups in total. The summed E-state index contributed by atoms with van der Waals surface area (Å²) in [4.78, 5) is 12.3. The number of benzene rings is 2. The second-order valence-corrected chi connectivity index (χ2v) is 5.05. The number of carbonyl (C=O) groups is 1. The molecule has 0 bridgehead atoms. The van der Waals surface area contributed by atoms with Crippen LogP contribution in [0.1, 0.15) is 15.9 Å². The summed E-state index contributed by atoms with van der Waals surface area (Å²) in [5.74, 6) is -0.211. The lowest BCUT2D eigenvalue weighted by Crippen LogP contribution is -2.18. The van der Waals surface area contributed by atoms with Gasteiger partial charge in [0, 0.05) is 23.7 Å². The van der Waals surface area contributed by atoms with Gasteiger partial charge in [-0.3, -0.25) is 4.79 Å². The summed E-state index contributed by atoms with van der Waals surface area (Å²) in [6, 6.07) is 9.30. The van der Waals surface area contributed by atoms with Crippen molar-refractivity contribution in [3.63, 3.8) is 0 Å². The number of anilines is 1. The minimum atomic E-state index is -0.346. The fraction of sp³-hybridized carbons (Fsp3) is 0.118. The fourth-order valence-electron chi connectivity index (χ4n) is 2.52. The molecule has 0 aliphatic carbocycles. The molecule has 0 saturated carbocycles. The summed E-state index contributed by atoms with van der Waals surface area (Å²) >= 11 is 0. The Kier molecular flexibility index (Phi) is 3.33. The largest absolute Gasteiger partial charge is 0.455 e. The highest BCUT2D eigenvalue weighted by molar-refractivity contribution is 6.12. The van der Waals surface area contributed by atoms with Gasteiger partial charge in [-0.05, 0) is 48.9 Å². The van der Waals surface area contributed by atoms with Crippen molar-refractivity contribution in [2.24, 2.45) is 0 Å². The van der Waals surface area contributed by atoms with Crippen LogP contribution in [-0.2, 0) is 0 Å². The monoisotopic (exact) mass is 298 g/mol. The van der Waals surface area contributed by atoms with E-state index in [4.69, 9.17) is 10.2 Å². The van der Waals surface area contributed by atoms with Gasteiger partial charge in [-0.2, -0.15) is 0 Å². The lowest BCUT2D eigenvalue weighted by Gasteiger charge is -2.04. The van der Waals surface area contributed by atoms with Crippen molar-refractivity contribution in [3.05, 3.63) is 53.3 Å². The molecule has 3 aromatic rings. The van der Waals surface area contributed by atoms with Gasteiger partial charge in [0.2, 0.25) is 0 Å². The number of furan rings is 1. The van der Waals surface area contributed by atoms with E-state index in [1.807, 2.05) is 6.92 Å². The number of fused-ring (bicyclic) bond motifs is 1. The third-order valence-corrected chi connectivity index (χ3v) is 3.72. The topological polar surface area (TPSA) is 68.3 Å². The van der Waals surface area contributed by atoms with Crippen molar-refractivity contribution >= 4 is 22.6 Å². The average Bonchev–Trinajstić information content (AvgIpc) is 2.91. The van der Waals surface area contributed by atoms with E-state index in [0.717, 1.165) is 5.56 Å². The van der Waals surface area contributed by atoms with Crippen LogP contribution >= 0.6 is 0 Å². The van der Waals surface area contributed by atoms with Crippen LogP contribution < -0.4 is 11.1 Å². The number of hydrogen-bond acceptors (Lipinski definition) is 3. The Morgan fingerprint density at radius 2 is 1.86 bits per heavy atom. The van der Waals surface area contributed by atoms with Gasteiger partial charge >= 0.3 is 0 Å². The first kappa shape index (κ1) is 14.1. The molecule has 2 aromatic carbocycles. The quantitative estimate of drug-likeness (QED) is 0.712. The van der Waals surface area contributed by atoms with E-state index in [1.54, 1.807) is 31.3 Å². The zero-order valence-electron chi connectivity index (χ0n) is 12.2. The van der Waals surface area contributed by atoms with Crippen molar-refractivity contribution < 1.29 is 13.6 Å². The molecule has 0 unspecified atom stereocenters. The highest BCUT2D eigenvalue weighted by Crippen LogP contribution is 2.37. The molecule has 1 amide bonds. The number of rotatable bonds is 2. The molecular weight excluding hydrogens is 283 g/mol. The number of carbonyl (C=O) groups excluding carboxylic acids is 1. The molecule has 1 heterocycles. The third kappa shape index (κ3) is 2.11. The van der Waals surface area contributed by atoms with Crippen molar-refractivity contribution in [1.82, 2.24) is 5.32 Å². The Labute approximate surface area is 126 Å². The standard InChI is InChI=1S/C17H15FN2O2/c1-9-12(19)7-8-13-14(9)15(17(21)20-2)16(22-13)10-3-5-11(18)6-4-10/h3-8H,19H2,1-2H3,(H,20,21). The minimum absolute atomic E-state index is 0.272. The molecule has 0 aliphatic heterocycles. The molecule has 3 rings (SSSR count). The average molecular weight is 298 g/mol. The van der Waals surface area contributed by atoms with Gasteiger partial charge < -0.3 is 15.5 Å². The van der Waals surface area contributed by atoms with E-state index in [9.17, 15) is 9.18 Å². The van der Waals surface area contributed by atoms with E-state index < -0.39 is 0 Å². The first-order chi connectivity index (χ1) is 10.5. The second-order valence-electron chi connectivity index (χ2n) is 5.05. The van der Waals surface area contributed by atoms with Gasteiger partial charge in [-0.15, -0.1) is 0 Å². The number of nitrogen functional groups attached to an aromatic ring is 1. The summed E-state index contributed by atoms with van der Waals surface area (Å²) < 4.78 is 19.0. The summed E-state index contributed by atoms with van der Waals surface area (Å²) in [5.41, 5.74) is 8.93. The van der Waals surface area contributed by atoms with Crippen LogP contribution in [-0.4, -0.2) is 13.0 Å². The maximum atomic E-state index is 13.1. The van der Waals surface area contributed by atoms with Crippen LogP contribution in [0.5, 0.6) is 0 Å². The summed E-state index contributed by atoms with van der Waals surface area (Å²) in [7, 11) is 1.55. The van der Waals surface area contributed by atoms with Crippen LogP contribution in [0.25, 0.3) is 22.3 Å². The van der Waals surface area contributed by atoms with E-state index in [2.05, 4.69) is 5.32 Å². The van der Waals surface area contributed by atoms with Gasteiger partial charge in [-0.1, -0.05) is 0 Å². The molecule has 1 aromatic heterocycles. The van der Waals surface area contributed by atoms with E-state index in [0.29, 0.717) is 33.5 Å². The Bertz CT molecular complexity index is 866. The molecular formula is C17H15FN2O2. The van der Waals surface area contributed by atoms with E-state index >= 15 is 0 Å². The van der Waals surface area contributed by atoms with Crippen molar-refractivity contribution in [3.8, 4) is 11.3 Å². The Balaban J connectivity index is 2.37. The highest BCUT2D eigenvalue weighted by atomic mass is 19.1. The molecule has 22 heavy (non-hydrogen) atoms. The first-order valence-electron chi connectivity index (χ1n) is 6.82.